The molecule has 390 valence electrons. The van der Waals surface area contributed by atoms with Crippen molar-refractivity contribution in [2.24, 2.45) is 0 Å². The van der Waals surface area contributed by atoms with Gasteiger partial charge in [-0.05, 0) is 38.5 Å². The molecule has 11 nitrogen and oxygen atoms in total. The summed E-state index contributed by atoms with van der Waals surface area (Å²) in [5, 5.41) is 22.0. The van der Waals surface area contributed by atoms with Crippen LogP contribution in [0.4, 0.5) is 0 Å². The SMILES string of the molecule is CCCCCCCC/C=C/CCCCCCCCCCCCCCCC(=O)OCC(O)COP(=O)(O)OCC(NC(=O)CCCCCCCCCCCCCCCCCCCCC)C(=O)O. The summed E-state index contributed by atoms with van der Waals surface area (Å²) in [6.07, 6.45) is 53.8. The normalized spacial score (nSPS) is 13.5. The van der Waals surface area contributed by atoms with Crippen LogP contribution in [0.3, 0.4) is 0 Å². The third-order valence-electron chi connectivity index (χ3n) is 12.6. The number of ether oxygens (including phenoxy) is 1. The third kappa shape index (κ3) is 48.7. The molecular formula is C54H104NO10P. The highest BCUT2D eigenvalue weighted by atomic mass is 31.2. The molecule has 0 bridgehead atoms. The molecular weight excluding hydrogens is 854 g/mol. The first-order chi connectivity index (χ1) is 32.1. The molecule has 0 aliphatic carbocycles. The Hall–Kier alpha value is -1.78. The van der Waals surface area contributed by atoms with Gasteiger partial charge >= 0.3 is 19.8 Å². The van der Waals surface area contributed by atoms with Gasteiger partial charge < -0.3 is 25.2 Å². The van der Waals surface area contributed by atoms with Crippen LogP contribution in [0.1, 0.15) is 284 Å². The highest BCUT2D eigenvalue weighted by Crippen LogP contribution is 2.43. The lowest BCUT2D eigenvalue weighted by Crippen LogP contribution is -2.43. The topological polar surface area (TPSA) is 169 Å². The van der Waals surface area contributed by atoms with Crippen LogP contribution < -0.4 is 5.32 Å². The molecule has 12 heteroatoms. The Morgan fingerprint density at radius 1 is 0.470 bits per heavy atom. The molecule has 0 aromatic heterocycles. The fourth-order valence-electron chi connectivity index (χ4n) is 8.26. The molecule has 3 unspecified atom stereocenters. The first-order valence-electron chi connectivity index (χ1n) is 27.7. The maximum atomic E-state index is 12.4. The van der Waals surface area contributed by atoms with E-state index >= 15 is 0 Å². The zero-order chi connectivity index (χ0) is 48.4. The first-order valence-corrected chi connectivity index (χ1v) is 29.2. The fourth-order valence-corrected chi connectivity index (χ4v) is 9.03. The molecule has 3 atom stereocenters. The van der Waals surface area contributed by atoms with Crippen LogP contribution in [0.2, 0.25) is 0 Å². The molecule has 66 heavy (non-hydrogen) atoms. The van der Waals surface area contributed by atoms with E-state index in [1.54, 1.807) is 0 Å². The Bertz CT molecular complexity index is 1170. The second kappa shape index (κ2) is 49.6. The van der Waals surface area contributed by atoms with Crippen molar-refractivity contribution < 1.29 is 47.8 Å². The predicted octanol–water partition coefficient (Wildman–Crippen LogP) is 15.6. The number of aliphatic carboxylic acids is 1. The Labute approximate surface area is 405 Å². The average molecular weight is 958 g/mol. The highest BCUT2D eigenvalue weighted by molar-refractivity contribution is 7.47. The fraction of sp³-hybridized carbons (Fsp3) is 0.907. The van der Waals surface area contributed by atoms with E-state index in [0.717, 1.165) is 38.5 Å². The van der Waals surface area contributed by atoms with Gasteiger partial charge in [0.1, 0.15) is 12.7 Å². The van der Waals surface area contributed by atoms with Gasteiger partial charge in [0.15, 0.2) is 6.04 Å². The number of allylic oxidation sites excluding steroid dienone is 2. The lowest BCUT2D eigenvalue weighted by molar-refractivity contribution is -0.147. The van der Waals surface area contributed by atoms with Gasteiger partial charge in [0.05, 0.1) is 13.2 Å². The minimum Gasteiger partial charge on any atom is -0.480 e. The maximum absolute atomic E-state index is 12.4. The molecule has 0 saturated heterocycles. The Morgan fingerprint density at radius 2 is 0.788 bits per heavy atom. The predicted molar refractivity (Wildman–Crippen MR) is 273 cm³/mol. The summed E-state index contributed by atoms with van der Waals surface area (Å²) in [6.45, 7) is 2.66. The summed E-state index contributed by atoms with van der Waals surface area (Å²) in [5.74, 6) is -2.35. The summed E-state index contributed by atoms with van der Waals surface area (Å²) in [4.78, 5) is 46.2. The maximum Gasteiger partial charge on any atom is 0.472 e. The Kier molecular flexibility index (Phi) is 48.3. The van der Waals surface area contributed by atoms with Crippen LogP contribution in [0.25, 0.3) is 0 Å². The van der Waals surface area contributed by atoms with Crippen LogP contribution >= 0.6 is 7.82 Å². The molecule has 0 aromatic rings. The lowest BCUT2D eigenvalue weighted by Gasteiger charge is -2.18. The molecule has 0 fully saturated rings. The quantitative estimate of drug-likeness (QED) is 0.0199. The van der Waals surface area contributed by atoms with E-state index in [0.29, 0.717) is 12.8 Å². The number of phosphoric ester groups is 1. The lowest BCUT2D eigenvalue weighted by atomic mass is 10.0. The number of aliphatic hydroxyl groups is 1. The van der Waals surface area contributed by atoms with E-state index in [-0.39, 0.29) is 12.8 Å². The summed E-state index contributed by atoms with van der Waals surface area (Å²) in [6, 6.07) is -1.54. The van der Waals surface area contributed by atoms with E-state index in [4.69, 9.17) is 13.8 Å². The van der Waals surface area contributed by atoms with Crippen molar-refractivity contribution in [2.45, 2.75) is 296 Å². The van der Waals surface area contributed by atoms with Crippen molar-refractivity contribution in [3.05, 3.63) is 12.2 Å². The van der Waals surface area contributed by atoms with Gasteiger partial charge in [-0.15, -0.1) is 0 Å². The van der Waals surface area contributed by atoms with E-state index in [1.165, 1.54) is 205 Å². The number of unbranched alkanes of at least 4 members (excludes halogenated alkanes) is 37. The third-order valence-corrected chi connectivity index (χ3v) is 13.5. The number of aliphatic hydroxyl groups excluding tert-OH is 1. The van der Waals surface area contributed by atoms with Gasteiger partial charge in [0, 0.05) is 12.8 Å². The van der Waals surface area contributed by atoms with Crippen LogP contribution in [-0.2, 0) is 32.7 Å². The summed E-state index contributed by atoms with van der Waals surface area (Å²) in [7, 11) is -4.76. The molecule has 0 spiro atoms. The van der Waals surface area contributed by atoms with Crippen molar-refractivity contribution in [3.8, 4) is 0 Å². The van der Waals surface area contributed by atoms with Gasteiger partial charge in [-0.2, -0.15) is 0 Å². The van der Waals surface area contributed by atoms with Crippen molar-refractivity contribution in [2.75, 3.05) is 19.8 Å². The molecule has 1 amide bonds. The van der Waals surface area contributed by atoms with Gasteiger partial charge in [0.25, 0.3) is 0 Å². The number of phosphoric acid groups is 1. The number of carbonyl (C=O) groups excluding carboxylic acids is 2. The number of carbonyl (C=O) groups is 3. The molecule has 0 aliphatic rings. The monoisotopic (exact) mass is 958 g/mol. The smallest absolute Gasteiger partial charge is 0.472 e. The molecule has 0 radical (unpaired) electrons. The zero-order valence-electron chi connectivity index (χ0n) is 42.8. The number of nitrogens with one attached hydrogen (secondary N) is 1. The minimum absolute atomic E-state index is 0.152. The van der Waals surface area contributed by atoms with E-state index in [9.17, 15) is 34.1 Å². The summed E-state index contributed by atoms with van der Waals surface area (Å²) < 4.78 is 27.0. The van der Waals surface area contributed by atoms with Crippen molar-refractivity contribution in [3.63, 3.8) is 0 Å². The molecule has 0 saturated carbocycles. The molecule has 0 aliphatic heterocycles. The number of carboxylic acid groups (broad SMARTS) is 1. The number of esters is 1. The van der Waals surface area contributed by atoms with E-state index in [1.807, 2.05) is 0 Å². The summed E-state index contributed by atoms with van der Waals surface area (Å²) in [5.41, 5.74) is 0. The second-order valence-electron chi connectivity index (χ2n) is 19.1. The Balaban J connectivity index is 3.75. The van der Waals surface area contributed by atoms with Gasteiger partial charge in [-0.1, -0.05) is 244 Å². The number of hydrogen-bond acceptors (Lipinski definition) is 8. The number of amides is 1. The van der Waals surface area contributed by atoms with Crippen LogP contribution in [0, 0.1) is 0 Å². The molecule has 0 aromatic carbocycles. The first kappa shape index (κ1) is 64.2. The van der Waals surface area contributed by atoms with Crippen molar-refractivity contribution in [1.29, 1.82) is 0 Å². The standard InChI is InChI=1S/C54H104NO10P/c1-3-5-7-9-11-13-15-17-19-21-23-24-25-26-28-30-32-34-36-38-40-42-44-46-53(58)63-47-50(56)48-64-66(61,62)65-49-51(54(59)60)55-52(57)45-43-41-39-37-35-33-31-29-27-22-20-18-16-14-12-10-8-6-4-2/h17,19,50-51,56H,3-16,18,20-49H2,1-2H3,(H,55,57)(H,59,60)(H,61,62)/b19-17+. The van der Waals surface area contributed by atoms with Gasteiger partial charge in [-0.3, -0.25) is 18.6 Å². The van der Waals surface area contributed by atoms with E-state index in [2.05, 4.69) is 31.3 Å². The van der Waals surface area contributed by atoms with Crippen molar-refractivity contribution in [1.82, 2.24) is 5.32 Å². The van der Waals surface area contributed by atoms with Crippen LogP contribution in [0.15, 0.2) is 12.2 Å². The average Bonchev–Trinajstić information content (AvgIpc) is 3.29. The molecule has 0 heterocycles. The second-order valence-corrected chi connectivity index (χ2v) is 20.6. The molecule has 4 N–H and O–H groups in total. The van der Waals surface area contributed by atoms with Gasteiger partial charge in [-0.25, -0.2) is 9.36 Å². The van der Waals surface area contributed by atoms with Crippen LogP contribution in [-0.4, -0.2) is 64.9 Å². The largest absolute Gasteiger partial charge is 0.480 e. The number of hydrogen-bond donors (Lipinski definition) is 4. The van der Waals surface area contributed by atoms with Gasteiger partial charge in [0.2, 0.25) is 5.91 Å². The Morgan fingerprint density at radius 3 is 1.15 bits per heavy atom. The molecule has 0 rings (SSSR count). The van der Waals surface area contributed by atoms with Crippen molar-refractivity contribution >= 4 is 25.7 Å². The van der Waals surface area contributed by atoms with Crippen LogP contribution in [0.5, 0.6) is 0 Å². The highest BCUT2D eigenvalue weighted by Gasteiger charge is 2.28. The summed E-state index contributed by atoms with van der Waals surface area (Å²) >= 11 is 0. The zero-order valence-corrected chi connectivity index (χ0v) is 43.7. The number of rotatable bonds is 53. The van der Waals surface area contributed by atoms with E-state index < -0.39 is 57.6 Å². The number of carboxylic acids is 1. The minimum atomic E-state index is -4.76.